The van der Waals surface area contributed by atoms with E-state index in [-0.39, 0.29) is 13.2 Å². The zero-order valence-electron chi connectivity index (χ0n) is 12.0. The fourth-order valence-electron chi connectivity index (χ4n) is 1.64. The predicted octanol–water partition coefficient (Wildman–Crippen LogP) is 2.88. The number of hydrogen-bond donors (Lipinski definition) is 2. The summed E-state index contributed by atoms with van der Waals surface area (Å²) >= 11 is 12.2. The normalized spacial score (nSPS) is 12.8. The van der Waals surface area contributed by atoms with Crippen molar-refractivity contribution in [2.24, 2.45) is 0 Å². The van der Waals surface area contributed by atoms with Crippen LogP contribution in [-0.2, 0) is 11.3 Å². The molecule has 1 unspecified atom stereocenters. The molecule has 0 amide bonds. The average molecular weight is 322 g/mol. The fraction of sp³-hybridized carbons (Fsp3) is 0.571. The maximum Gasteiger partial charge on any atom is 0.142 e. The molecule has 1 atom stereocenters. The lowest BCUT2D eigenvalue weighted by Gasteiger charge is -2.17. The number of aliphatic hydroxyl groups excluding tert-OH is 1. The summed E-state index contributed by atoms with van der Waals surface area (Å²) in [5, 5.41) is 13.9. The van der Waals surface area contributed by atoms with Crippen LogP contribution >= 0.6 is 23.2 Å². The van der Waals surface area contributed by atoms with E-state index in [0.717, 1.165) is 5.56 Å². The Hall–Kier alpha value is -0.520. The third-order valence-corrected chi connectivity index (χ3v) is 3.06. The number of nitrogens with one attached hydrogen (secondary N) is 1. The second-order valence-electron chi connectivity index (χ2n) is 4.83. The van der Waals surface area contributed by atoms with Crippen molar-refractivity contribution in [2.75, 3.05) is 20.3 Å². The molecule has 1 rings (SSSR count). The van der Waals surface area contributed by atoms with Gasteiger partial charge in [-0.1, -0.05) is 37.0 Å². The highest BCUT2D eigenvalue weighted by Gasteiger charge is 2.13. The molecule has 6 heteroatoms. The molecule has 2 N–H and O–H groups in total. The first-order chi connectivity index (χ1) is 9.43. The Morgan fingerprint density at radius 2 is 1.95 bits per heavy atom. The predicted molar refractivity (Wildman–Crippen MR) is 81.8 cm³/mol. The lowest BCUT2D eigenvalue weighted by molar-refractivity contribution is 0.0323. The molecule has 1 aromatic carbocycles. The minimum atomic E-state index is -0.697. The molecule has 0 aliphatic heterocycles. The van der Waals surface area contributed by atoms with Crippen LogP contribution < -0.4 is 10.1 Å². The molecule has 20 heavy (non-hydrogen) atoms. The second-order valence-corrected chi connectivity index (χ2v) is 5.68. The molecule has 0 heterocycles. The van der Waals surface area contributed by atoms with Crippen LogP contribution in [0.25, 0.3) is 0 Å². The van der Waals surface area contributed by atoms with Gasteiger partial charge in [-0.25, -0.2) is 0 Å². The minimum absolute atomic E-state index is 0.115. The van der Waals surface area contributed by atoms with E-state index in [4.69, 9.17) is 32.7 Å². The van der Waals surface area contributed by atoms with Crippen molar-refractivity contribution in [3.05, 3.63) is 27.7 Å². The molecule has 1 aromatic rings. The lowest BCUT2D eigenvalue weighted by Crippen LogP contribution is -2.25. The van der Waals surface area contributed by atoms with E-state index in [1.165, 1.54) is 7.11 Å². The highest BCUT2D eigenvalue weighted by Crippen LogP contribution is 2.32. The maximum absolute atomic E-state index is 9.63. The van der Waals surface area contributed by atoms with Gasteiger partial charge in [0.2, 0.25) is 0 Å². The van der Waals surface area contributed by atoms with Gasteiger partial charge in [-0.3, -0.25) is 0 Å². The van der Waals surface area contributed by atoms with Gasteiger partial charge in [0.25, 0.3) is 0 Å². The summed E-state index contributed by atoms with van der Waals surface area (Å²) in [4.78, 5) is 0. The number of aliphatic hydroxyl groups is 1. The fourth-order valence-corrected chi connectivity index (χ4v) is 2.23. The van der Waals surface area contributed by atoms with E-state index in [0.29, 0.717) is 28.4 Å². The van der Waals surface area contributed by atoms with Crippen LogP contribution in [-0.4, -0.2) is 37.6 Å². The molecule has 114 valence electrons. The van der Waals surface area contributed by atoms with E-state index in [2.05, 4.69) is 19.2 Å². The van der Waals surface area contributed by atoms with Gasteiger partial charge < -0.3 is 19.9 Å². The highest BCUT2D eigenvalue weighted by atomic mass is 35.5. The number of benzene rings is 1. The van der Waals surface area contributed by atoms with Crippen molar-refractivity contribution in [3.8, 4) is 5.75 Å². The van der Waals surface area contributed by atoms with Crippen LogP contribution in [0.15, 0.2) is 12.1 Å². The molecule has 0 saturated heterocycles. The molecule has 0 radical (unpaired) electrons. The smallest absolute Gasteiger partial charge is 0.142 e. The third kappa shape index (κ3) is 5.85. The standard InChI is InChI=1S/C14H21Cl2NO3/c1-9(2)17-6-10-4-11(15)5-13(16)14(10)20-8-12(18)7-19-3/h4-5,9,12,17-18H,6-8H2,1-3H3. The van der Waals surface area contributed by atoms with E-state index in [1.54, 1.807) is 12.1 Å². The van der Waals surface area contributed by atoms with Crippen LogP contribution in [0.3, 0.4) is 0 Å². The van der Waals surface area contributed by atoms with Gasteiger partial charge in [-0.05, 0) is 12.1 Å². The van der Waals surface area contributed by atoms with Crippen molar-refractivity contribution < 1.29 is 14.6 Å². The molecule has 0 bridgehead atoms. The minimum Gasteiger partial charge on any atom is -0.489 e. The van der Waals surface area contributed by atoms with Crippen molar-refractivity contribution in [2.45, 2.75) is 32.5 Å². The topological polar surface area (TPSA) is 50.7 Å². The summed E-state index contributed by atoms with van der Waals surface area (Å²) in [5.74, 6) is 0.541. The third-order valence-electron chi connectivity index (χ3n) is 2.57. The Labute approximate surface area is 130 Å². The van der Waals surface area contributed by atoms with Gasteiger partial charge in [-0.2, -0.15) is 0 Å². The summed E-state index contributed by atoms with van der Waals surface area (Å²) in [7, 11) is 1.52. The Balaban J connectivity index is 2.80. The van der Waals surface area contributed by atoms with Crippen LogP contribution in [0.5, 0.6) is 5.75 Å². The average Bonchev–Trinajstić information content (AvgIpc) is 2.35. The molecule has 0 fully saturated rings. The molecule has 0 aromatic heterocycles. The van der Waals surface area contributed by atoms with Crippen molar-refractivity contribution in [1.29, 1.82) is 0 Å². The molecule has 0 spiro atoms. The van der Waals surface area contributed by atoms with Crippen molar-refractivity contribution >= 4 is 23.2 Å². The zero-order valence-corrected chi connectivity index (χ0v) is 13.5. The van der Waals surface area contributed by atoms with E-state index in [1.807, 2.05) is 0 Å². The summed E-state index contributed by atoms with van der Waals surface area (Å²) in [6.07, 6.45) is -0.697. The van der Waals surface area contributed by atoms with Gasteiger partial charge in [-0.15, -0.1) is 0 Å². The summed E-state index contributed by atoms with van der Waals surface area (Å²) < 4.78 is 10.5. The lowest BCUT2D eigenvalue weighted by atomic mass is 10.2. The van der Waals surface area contributed by atoms with Gasteiger partial charge in [0.05, 0.1) is 11.6 Å². The zero-order chi connectivity index (χ0) is 15.1. The van der Waals surface area contributed by atoms with Crippen LogP contribution in [0.4, 0.5) is 0 Å². The van der Waals surface area contributed by atoms with Crippen LogP contribution in [0.2, 0.25) is 10.0 Å². The first kappa shape index (κ1) is 17.5. The molecule has 0 aliphatic carbocycles. The Morgan fingerprint density at radius 1 is 1.25 bits per heavy atom. The Kier molecular flexibility index (Phi) is 7.62. The summed E-state index contributed by atoms with van der Waals surface area (Å²) in [6, 6.07) is 3.76. The van der Waals surface area contributed by atoms with Gasteiger partial charge >= 0.3 is 0 Å². The largest absolute Gasteiger partial charge is 0.489 e. The Bertz CT molecular complexity index is 427. The molecule has 0 aliphatic rings. The molecular formula is C14H21Cl2NO3. The van der Waals surface area contributed by atoms with Crippen LogP contribution in [0.1, 0.15) is 19.4 Å². The number of ether oxygens (including phenoxy) is 2. The quantitative estimate of drug-likeness (QED) is 0.773. The van der Waals surface area contributed by atoms with E-state index in [9.17, 15) is 5.11 Å². The summed E-state index contributed by atoms with van der Waals surface area (Å²) in [5.41, 5.74) is 0.862. The first-order valence-corrected chi connectivity index (χ1v) is 7.20. The monoisotopic (exact) mass is 321 g/mol. The SMILES string of the molecule is COCC(O)COc1c(Cl)cc(Cl)cc1CNC(C)C. The first-order valence-electron chi connectivity index (χ1n) is 6.45. The van der Waals surface area contributed by atoms with Crippen molar-refractivity contribution in [3.63, 3.8) is 0 Å². The molecule has 4 nitrogen and oxygen atoms in total. The number of hydrogen-bond acceptors (Lipinski definition) is 4. The van der Waals surface area contributed by atoms with Gasteiger partial charge in [0, 0.05) is 30.3 Å². The van der Waals surface area contributed by atoms with Crippen molar-refractivity contribution in [1.82, 2.24) is 5.32 Å². The summed E-state index contributed by atoms with van der Waals surface area (Å²) in [6.45, 7) is 5.02. The highest BCUT2D eigenvalue weighted by molar-refractivity contribution is 6.35. The van der Waals surface area contributed by atoms with Gasteiger partial charge in [0.15, 0.2) is 0 Å². The van der Waals surface area contributed by atoms with E-state index >= 15 is 0 Å². The van der Waals surface area contributed by atoms with Gasteiger partial charge in [0.1, 0.15) is 18.5 Å². The molecular weight excluding hydrogens is 301 g/mol. The van der Waals surface area contributed by atoms with E-state index < -0.39 is 6.10 Å². The Morgan fingerprint density at radius 3 is 2.55 bits per heavy atom. The van der Waals surface area contributed by atoms with Crippen LogP contribution in [0, 0.1) is 0 Å². The molecule has 0 saturated carbocycles. The number of methoxy groups -OCH3 is 1. The maximum atomic E-state index is 9.63. The number of rotatable bonds is 8. The number of halogens is 2. The second kappa shape index (κ2) is 8.70.